The van der Waals surface area contributed by atoms with E-state index in [2.05, 4.69) is 6.92 Å². The second-order valence-corrected chi connectivity index (χ2v) is 9.45. The first-order chi connectivity index (χ1) is 13.0. The van der Waals surface area contributed by atoms with Gasteiger partial charge in [-0.1, -0.05) is 26.8 Å². The maximum atomic E-state index is 12.9. The summed E-state index contributed by atoms with van der Waals surface area (Å²) in [5.74, 6) is -0.824. The molecule has 0 amide bonds. The SMILES string of the molecule is CC=C(C)C(=O)OC1CC(O)C2(C)C3C(=O)CC(C)C2C3C1(C)COC(C)=O. The van der Waals surface area contributed by atoms with Gasteiger partial charge < -0.3 is 14.6 Å². The Kier molecular flexibility index (Phi) is 5.24. The Bertz CT molecular complexity index is 727. The fourth-order valence-electron chi connectivity index (χ4n) is 6.29. The van der Waals surface area contributed by atoms with Gasteiger partial charge in [0.25, 0.3) is 0 Å². The number of aliphatic hydroxyl groups excluding tert-OH is 1. The minimum absolute atomic E-state index is 0.0651. The Morgan fingerprint density at radius 1 is 1.25 bits per heavy atom. The highest BCUT2D eigenvalue weighted by Crippen LogP contribution is 2.72. The van der Waals surface area contributed by atoms with Gasteiger partial charge in [-0.25, -0.2) is 4.79 Å². The monoisotopic (exact) mass is 392 g/mol. The summed E-state index contributed by atoms with van der Waals surface area (Å²) in [7, 11) is 0. The summed E-state index contributed by atoms with van der Waals surface area (Å²) in [6, 6.07) is 0. The summed E-state index contributed by atoms with van der Waals surface area (Å²) in [6.07, 6.45) is 1.04. The topological polar surface area (TPSA) is 89.9 Å². The van der Waals surface area contributed by atoms with E-state index in [9.17, 15) is 19.5 Å². The van der Waals surface area contributed by atoms with E-state index in [1.54, 1.807) is 19.9 Å². The lowest BCUT2D eigenvalue weighted by Crippen LogP contribution is -2.71. The van der Waals surface area contributed by atoms with Gasteiger partial charge in [-0.3, -0.25) is 9.59 Å². The second-order valence-electron chi connectivity index (χ2n) is 9.45. The number of hydrogen-bond acceptors (Lipinski definition) is 6. The first-order valence-electron chi connectivity index (χ1n) is 10.2. The van der Waals surface area contributed by atoms with Crippen molar-refractivity contribution < 1.29 is 29.0 Å². The number of aliphatic hydroxyl groups is 1. The molecule has 4 aliphatic carbocycles. The summed E-state index contributed by atoms with van der Waals surface area (Å²) >= 11 is 0. The molecule has 1 N–H and O–H groups in total. The molecular formula is C22H32O6. The predicted octanol–water partition coefficient (Wildman–Crippen LogP) is 2.68. The number of rotatable bonds is 4. The van der Waals surface area contributed by atoms with E-state index >= 15 is 0 Å². The summed E-state index contributed by atoms with van der Waals surface area (Å²) in [5, 5.41) is 11.1. The number of esters is 2. The first kappa shape index (κ1) is 21.0. The summed E-state index contributed by atoms with van der Waals surface area (Å²) in [6.45, 7) is 10.8. The van der Waals surface area contributed by atoms with Crippen LogP contribution in [0, 0.1) is 34.5 Å². The molecule has 6 heteroatoms. The number of carbonyl (C=O) groups excluding carboxylic acids is 3. The summed E-state index contributed by atoms with van der Waals surface area (Å²) < 4.78 is 11.3. The molecule has 4 saturated carbocycles. The lowest BCUT2D eigenvalue weighted by Gasteiger charge is -2.68. The van der Waals surface area contributed by atoms with Crippen molar-refractivity contribution in [3.05, 3.63) is 11.6 Å². The molecule has 0 aromatic heterocycles. The predicted molar refractivity (Wildman–Crippen MR) is 102 cm³/mol. The van der Waals surface area contributed by atoms with Crippen LogP contribution >= 0.6 is 0 Å². The highest BCUT2D eigenvalue weighted by molar-refractivity contribution is 5.88. The Morgan fingerprint density at radius 2 is 1.89 bits per heavy atom. The van der Waals surface area contributed by atoms with Crippen molar-refractivity contribution in [2.75, 3.05) is 6.61 Å². The number of allylic oxidation sites excluding steroid dienone is 1. The molecule has 8 unspecified atom stereocenters. The molecule has 0 saturated heterocycles. The van der Waals surface area contributed by atoms with Crippen LogP contribution in [0.3, 0.4) is 0 Å². The molecular weight excluding hydrogens is 360 g/mol. The van der Waals surface area contributed by atoms with Crippen molar-refractivity contribution in [3.63, 3.8) is 0 Å². The third-order valence-corrected chi connectivity index (χ3v) is 7.86. The van der Waals surface area contributed by atoms with E-state index in [0.717, 1.165) is 0 Å². The van der Waals surface area contributed by atoms with E-state index in [0.29, 0.717) is 12.0 Å². The Morgan fingerprint density at radius 3 is 2.43 bits per heavy atom. The molecule has 0 radical (unpaired) electrons. The van der Waals surface area contributed by atoms with Gasteiger partial charge >= 0.3 is 11.9 Å². The molecule has 0 aromatic rings. The highest BCUT2D eigenvalue weighted by atomic mass is 16.6. The maximum Gasteiger partial charge on any atom is 0.333 e. The zero-order valence-electron chi connectivity index (χ0n) is 17.7. The number of ketones is 1. The van der Waals surface area contributed by atoms with Crippen LogP contribution in [-0.2, 0) is 23.9 Å². The minimum Gasteiger partial charge on any atom is -0.465 e. The normalized spacial score (nSPS) is 45.0. The average molecular weight is 392 g/mol. The van der Waals surface area contributed by atoms with Gasteiger partial charge in [0, 0.05) is 42.1 Å². The standard InChI is InChI=1S/C22H32O6/c1-7-11(2)20(26)28-16-9-15(25)22(6)17-12(3)8-14(24)18(22)19(17)21(16,5)10-27-13(4)23/h7,12,15-19,25H,8-10H2,1-6H3. The van der Waals surface area contributed by atoms with Gasteiger partial charge in [-0.15, -0.1) is 0 Å². The zero-order valence-corrected chi connectivity index (χ0v) is 17.7. The van der Waals surface area contributed by atoms with Crippen LogP contribution < -0.4 is 0 Å². The van der Waals surface area contributed by atoms with Crippen LogP contribution in [0.2, 0.25) is 0 Å². The van der Waals surface area contributed by atoms with E-state index in [1.165, 1.54) is 6.92 Å². The number of carbonyl (C=O) groups is 3. The van der Waals surface area contributed by atoms with Gasteiger partial charge in [0.1, 0.15) is 18.5 Å². The molecule has 0 aliphatic heterocycles. The molecule has 0 aromatic carbocycles. The molecule has 6 nitrogen and oxygen atoms in total. The van der Waals surface area contributed by atoms with Crippen LogP contribution in [0.15, 0.2) is 11.6 Å². The zero-order chi connectivity index (χ0) is 21.0. The van der Waals surface area contributed by atoms with Crippen LogP contribution in [0.1, 0.15) is 54.4 Å². The molecule has 0 spiro atoms. The maximum absolute atomic E-state index is 12.9. The summed E-state index contributed by atoms with van der Waals surface area (Å²) in [4.78, 5) is 37.0. The van der Waals surface area contributed by atoms with E-state index < -0.39 is 35.0 Å². The van der Waals surface area contributed by atoms with Gasteiger partial charge in [-0.05, 0) is 31.6 Å². The van der Waals surface area contributed by atoms with Crippen molar-refractivity contribution in [1.29, 1.82) is 0 Å². The second kappa shape index (κ2) is 6.97. The smallest absolute Gasteiger partial charge is 0.333 e. The van der Waals surface area contributed by atoms with E-state index in [4.69, 9.17) is 9.47 Å². The van der Waals surface area contributed by atoms with E-state index in [-0.39, 0.29) is 42.5 Å². The molecule has 0 heterocycles. The Labute approximate surface area is 166 Å². The van der Waals surface area contributed by atoms with E-state index in [1.807, 2.05) is 13.8 Å². The molecule has 4 fully saturated rings. The van der Waals surface area contributed by atoms with Crippen LogP contribution in [0.25, 0.3) is 0 Å². The number of hydrogen-bond donors (Lipinski definition) is 1. The molecule has 4 bridgehead atoms. The molecule has 28 heavy (non-hydrogen) atoms. The average Bonchev–Trinajstić information content (AvgIpc) is 2.72. The lowest BCUT2D eigenvalue weighted by molar-refractivity contribution is -0.240. The van der Waals surface area contributed by atoms with Crippen molar-refractivity contribution in [2.45, 2.75) is 66.6 Å². The van der Waals surface area contributed by atoms with Crippen molar-refractivity contribution in [1.82, 2.24) is 0 Å². The highest BCUT2D eigenvalue weighted by Gasteiger charge is 2.76. The van der Waals surface area contributed by atoms with Gasteiger partial charge in [-0.2, -0.15) is 0 Å². The first-order valence-corrected chi connectivity index (χ1v) is 10.2. The van der Waals surface area contributed by atoms with Crippen molar-refractivity contribution in [3.8, 4) is 0 Å². The van der Waals surface area contributed by atoms with Crippen molar-refractivity contribution in [2.24, 2.45) is 34.5 Å². The Balaban J connectivity index is 2.04. The quantitative estimate of drug-likeness (QED) is 0.584. The van der Waals surface area contributed by atoms with Gasteiger partial charge in [0.05, 0.1) is 6.10 Å². The number of fused-ring (bicyclic) bond motifs is 3. The molecule has 156 valence electrons. The fourth-order valence-corrected chi connectivity index (χ4v) is 6.29. The van der Waals surface area contributed by atoms with Crippen LogP contribution in [0.4, 0.5) is 0 Å². The minimum atomic E-state index is -0.756. The molecule has 4 aliphatic rings. The largest absolute Gasteiger partial charge is 0.465 e. The van der Waals surface area contributed by atoms with Gasteiger partial charge in [0.15, 0.2) is 0 Å². The molecule has 8 atom stereocenters. The number of ether oxygens (including phenoxy) is 2. The summed E-state index contributed by atoms with van der Waals surface area (Å²) in [5.41, 5.74) is -0.767. The molecule has 4 rings (SSSR count). The lowest BCUT2D eigenvalue weighted by atomic mass is 9.35. The number of Topliss-reactive ketones (excluding diaryl/α,β-unsaturated/α-hetero) is 1. The van der Waals surface area contributed by atoms with Crippen molar-refractivity contribution >= 4 is 17.7 Å². The van der Waals surface area contributed by atoms with Crippen LogP contribution in [-0.4, -0.2) is 41.6 Å². The fraction of sp³-hybridized carbons (Fsp3) is 0.773. The van der Waals surface area contributed by atoms with Gasteiger partial charge in [0.2, 0.25) is 0 Å². The Hall–Kier alpha value is -1.69. The van der Waals surface area contributed by atoms with Crippen LogP contribution in [0.5, 0.6) is 0 Å². The third-order valence-electron chi connectivity index (χ3n) is 7.86. The third kappa shape index (κ3) is 2.83.